The van der Waals surface area contributed by atoms with Gasteiger partial charge >= 0.3 is 0 Å². The maximum absolute atomic E-state index is 13.0. The van der Waals surface area contributed by atoms with Crippen LogP contribution in [0.15, 0.2) is 54.7 Å². The number of ether oxygens (including phenoxy) is 3. The highest BCUT2D eigenvalue weighted by Gasteiger charge is 2.43. The van der Waals surface area contributed by atoms with Crippen molar-refractivity contribution in [2.45, 2.75) is 25.5 Å². The lowest BCUT2D eigenvalue weighted by Gasteiger charge is -2.22. The number of rotatable bonds is 4. The highest BCUT2D eigenvalue weighted by Crippen LogP contribution is 2.42. The zero-order valence-electron chi connectivity index (χ0n) is 16.3. The molecule has 1 unspecified atom stereocenters. The van der Waals surface area contributed by atoms with Crippen molar-refractivity contribution in [3.63, 3.8) is 0 Å². The van der Waals surface area contributed by atoms with Gasteiger partial charge in [-0.15, -0.1) is 0 Å². The van der Waals surface area contributed by atoms with E-state index in [1.807, 2.05) is 42.5 Å². The van der Waals surface area contributed by atoms with Gasteiger partial charge in [-0.2, -0.15) is 0 Å². The zero-order valence-corrected chi connectivity index (χ0v) is 17.0. The van der Waals surface area contributed by atoms with Crippen molar-refractivity contribution in [2.24, 2.45) is 0 Å². The first-order valence-corrected chi connectivity index (χ1v) is 9.99. The van der Waals surface area contributed by atoms with Gasteiger partial charge in [0.25, 0.3) is 5.91 Å². The Bertz CT molecular complexity index is 1150. The molecule has 3 aromatic rings. The van der Waals surface area contributed by atoms with Crippen molar-refractivity contribution >= 4 is 17.5 Å². The SMILES string of the molecule is CC1(C(=O)NCc2cccc(Cl)c2)Cc2c(-c3ccc4c(c3)OCO4)ccnc2O1. The van der Waals surface area contributed by atoms with Crippen LogP contribution >= 0.6 is 11.6 Å². The van der Waals surface area contributed by atoms with Crippen LogP contribution in [-0.2, 0) is 17.8 Å². The molecule has 2 aliphatic heterocycles. The first-order valence-electron chi connectivity index (χ1n) is 9.61. The molecule has 1 aromatic heterocycles. The summed E-state index contributed by atoms with van der Waals surface area (Å²) in [5.41, 5.74) is 2.71. The van der Waals surface area contributed by atoms with Gasteiger partial charge in [0, 0.05) is 29.7 Å². The predicted octanol–water partition coefficient (Wildman–Crippen LogP) is 4.14. The number of carbonyl (C=O) groups excluding carboxylic acids is 1. The molecule has 0 radical (unpaired) electrons. The molecule has 5 rings (SSSR count). The molecule has 1 atom stereocenters. The lowest BCUT2D eigenvalue weighted by Crippen LogP contribution is -2.47. The Kier molecular flexibility index (Phi) is 4.51. The van der Waals surface area contributed by atoms with Gasteiger partial charge in [-0.3, -0.25) is 4.79 Å². The molecule has 3 heterocycles. The number of nitrogens with zero attached hydrogens (tertiary/aromatic N) is 1. The van der Waals surface area contributed by atoms with Crippen LogP contribution in [0.25, 0.3) is 11.1 Å². The number of amides is 1. The van der Waals surface area contributed by atoms with E-state index in [4.69, 9.17) is 25.8 Å². The molecule has 2 aliphatic rings. The summed E-state index contributed by atoms with van der Waals surface area (Å²) >= 11 is 6.02. The van der Waals surface area contributed by atoms with E-state index >= 15 is 0 Å². The summed E-state index contributed by atoms with van der Waals surface area (Å²) in [7, 11) is 0. The maximum Gasteiger partial charge on any atom is 0.264 e. The molecule has 2 aromatic carbocycles. The van der Waals surface area contributed by atoms with Crippen LogP contribution < -0.4 is 19.5 Å². The van der Waals surface area contributed by atoms with Crippen LogP contribution in [0.1, 0.15) is 18.1 Å². The molecule has 0 saturated carbocycles. The van der Waals surface area contributed by atoms with E-state index < -0.39 is 5.60 Å². The van der Waals surface area contributed by atoms with Crippen molar-refractivity contribution in [1.82, 2.24) is 10.3 Å². The van der Waals surface area contributed by atoms with Gasteiger partial charge < -0.3 is 19.5 Å². The number of pyridine rings is 1. The highest BCUT2D eigenvalue weighted by atomic mass is 35.5. The normalized spacial score (nSPS) is 18.6. The van der Waals surface area contributed by atoms with Crippen LogP contribution in [0.5, 0.6) is 17.4 Å². The van der Waals surface area contributed by atoms with E-state index in [1.54, 1.807) is 19.2 Å². The lowest BCUT2D eigenvalue weighted by atomic mass is 9.93. The number of hydrogen-bond donors (Lipinski definition) is 1. The number of halogens is 1. The summed E-state index contributed by atoms with van der Waals surface area (Å²) in [4.78, 5) is 17.3. The molecule has 30 heavy (non-hydrogen) atoms. The van der Waals surface area contributed by atoms with Crippen LogP contribution in [-0.4, -0.2) is 23.3 Å². The van der Waals surface area contributed by atoms with E-state index in [2.05, 4.69) is 10.3 Å². The lowest BCUT2D eigenvalue weighted by molar-refractivity contribution is -0.134. The third kappa shape index (κ3) is 3.33. The van der Waals surface area contributed by atoms with Gasteiger partial charge in [0.15, 0.2) is 17.1 Å². The minimum absolute atomic E-state index is 0.197. The topological polar surface area (TPSA) is 69.7 Å². The van der Waals surface area contributed by atoms with E-state index in [-0.39, 0.29) is 12.7 Å². The Morgan fingerprint density at radius 1 is 1.17 bits per heavy atom. The number of carbonyl (C=O) groups is 1. The molecule has 0 aliphatic carbocycles. The molecular weight excluding hydrogens is 404 g/mol. The van der Waals surface area contributed by atoms with E-state index in [0.29, 0.717) is 29.6 Å². The van der Waals surface area contributed by atoms with Gasteiger partial charge in [-0.05, 0) is 53.9 Å². The highest BCUT2D eigenvalue weighted by molar-refractivity contribution is 6.30. The van der Waals surface area contributed by atoms with Crippen LogP contribution in [0.2, 0.25) is 5.02 Å². The molecule has 7 heteroatoms. The first-order chi connectivity index (χ1) is 14.5. The van der Waals surface area contributed by atoms with Gasteiger partial charge in [0.05, 0.1) is 0 Å². The smallest absolute Gasteiger partial charge is 0.264 e. The number of nitrogens with one attached hydrogen (secondary N) is 1. The molecule has 152 valence electrons. The van der Waals surface area contributed by atoms with Gasteiger partial charge in [0.2, 0.25) is 12.7 Å². The molecule has 1 amide bonds. The number of fused-ring (bicyclic) bond motifs is 2. The van der Waals surface area contributed by atoms with Crippen molar-refractivity contribution in [2.75, 3.05) is 6.79 Å². The standard InChI is InChI=1S/C23H19ClN2O4/c1-23(22(27)26-12-14-3-2-4-16(24)9-14)11-18-17(7-8-25-21(18)30-23)15-5-6-19-20(10-15)29-13-28-19/h2-10H,11-13H2,1H3,(H,26,27). The average Bonchev–Trinajstić information content (AvgIpc) is 3.35. The van der Waals surface area contributed by atoms with Crippen LogP contribution in [0, 0.1) is 0 Å². The summed E-state index contributed by atoms with van der Waals surface area (Å²) in [6.07, 6.45) is 2.11. The van der Waals surface area contributed by atoms with E-state index in [9.17, 15) is 4.79 Å². The van der Waals surface area contributed by atoms with Crippen LogP contribution in [0.3, 0.4) is 0 Å². The molecule has 0 spiro atoms. The second-order valence-electron chi connectivity index (χ2n) is 7.53. The fraction of sp³-hybridized carbons (Fsp3) is 0.217. The molecule has 6 nitrogen and oxygen atoms in total. The summed E-state index contributed by atoms with van der Waals surface area (Å²) in [5.74, 6) is 1.72. The minimum Gasteiger partial charge on any atom is -0.461 e. The second-order valence-corrected chi connectivity index (χ2v) is 7.97. The van der Waals surface area contributed by atoms with Gasteiger partial charge in [0.1, 0.15) is 0 Å². The summed E-state index contributed by atoms with van der Waals surface area (Å²) in [5, 5.41) is 3.58. The van der Waals surface area contributed by atoms with Crippen molar-refractivity contribution in [3.05, 3.63) is 70.9 Å². The zero-order chi connectivity index (χ0) is 20.7. The fourth-order valence-electron chi connectivity index (χ4n) is 3.80. The number of hydrogen-bond acceptors (Lipinski definition) is 5. The fourth-order valence-corrected chi connectivity index (χ4v) is 4.01. The first kappa shape index (κ1) is 18.8. The van der Waals surface area contributed by atoms with Gasteiger partial charge in [-0.1, -0.05) is 29.8 Å². The summed E-state index contributed by atoms with van der Waals surface area (Å²) in [6, 6.07) is 15.1. The molecule has 0 saturated heterocycles. The number of aromatic nitrogens is 1. The summed E-state index contributed by atoms with van der Waals surface area (Å²) < 4.78 is 16.9. The molecule has 1 N–H and O–H groups in total. The Morgan fingerprint density at radius 3 is 2.90 bits per heavy atom. The van der Waals surface area contributed by atoms with Crippen molar-refractivity contribution in [1.29, 1.82) is 0 Å². The Morgan fingerprint density at radius 2 is 2.03 bits per heavy atom. The minimum atomic E-state index is -1.04. The van der Waals surface area contributed by atoms with Crippen molar-refractivity contribution in [3.8, 4) is 28.5 Å². The Balaban J connectivity index is 1.37. The second kappa shape index (κ2) is 7.22. The van der Waals surface area contributed by atoms with Crippen LogP contribution in [0.4, 0.5) is 0 Å². The largest absolute Gasteiger partial charge is 0.461 e. The quantitative estimate of drug-likeness (QED) is 0.684. The average molecular weight is 423 g/mol. The van der Waals surface area contributed by atoms with Gasteiger partial charge in [-0.25, -0.2) is 4.98 Å². The predicted molar refractivity (Wildman–Crippen MR) is 112 cm³/mol. The van der Waals surface area contributed by atoms with Crippen molar-refractivity contribution < 1.29 is 19.0 Å². The number of benzene rings is 2. The summed E-state index contributed by atoms with van der Waals surface area (Å²) in [6.45, 7) is 2.38. The Labute approximate surface area is 178 Å². The third-order valence-electron chi connectivity index (χ3n) is 5.36. The molecule has 0 bridgehead atoms. The molecular formula is C23H19ClN2O4. The Hall–Kier alpha value is -3.25. The third-order valence-corrected chi connectivity index (χ3v) is 5.59. The monoisotopic (exact) mass is 422 g/mol. The van der Waals surface area contributed by atoms with E-state index in [0.717, 1.165) is 28.0 Å². The maximum atomic E-state index is 13.0. The molecule has 0 fully saturated rings. The van der Waals surface area contributed by atoms with E-state index in [1.165, 1.54) is 0 Å².